The minimum Gasteiger partial charge on any atom is -0.394 e. The van der Waals surface area contributed by atoms with Crippen LogP contribution in [0.1, 0.15) is 25.8 Å². The van der Waals surface area contributed by atoms with Crippen LogP contribution in [0.2, 0.25) is 0 Å². The van der Waals surface area contributed by atoms with E-state index in [4.69, 9.17) is 4.74 Å². The smallest absolute Gasteiger partial charge is 0.194 e. The minimum absolute atomic E-state index is 0.0369. The van der Waals surface area contributed by atoms with Gasteiger partial charge in [0.05, 0.1) is 18.8 Å². The molecule has 2 unspecified atom stereocenters. The fourth-order valence-corrected chi connectivity index (χ4v) is 4.02. The molecule has 4 atom stereocenters. The standard InChI is InChI=1S/C17H20F3N3O3S/c1-2-3-27-15-6-13(17(25)14(8-24)26-15)23-7-12(21-22-23)9-4-10(18)16(20)11(19)5-9/h4-5,7,13-15,17,24-25H,2-3,6,8H2,1H3/t13?,14?,15-,17-/m1/s1. The molecule has 148 valence electrons. The Morgan fingerprint density at radius 3 is 2.63 bits per heavy atom. The molecule has 1 aromatic carbocycles. The van der Waals surface area contributed by atoms with Crippen molar-refractivity contribution < 1.29 is 28.1 Å². The highest BCUT2D eigenvalue weighted by molar-refractivity contribution is 7.99. The number of aliphatic hydroxyl groups excluding tert-OH is 2. The highest BCUT2D eigenvalue weighted by atomic mass is 32.2. The van der Waals surface area contributed by atoms with Gasteiger partial charge in [-0.1, -0.05) is 12.1 Å². The van der Waals surface area contributed by atoms with E-state index >= 15 is 0 Å². The van der Waals surface area contributed by atoms with Crippen molar-refractivity contribution in [3.63, 3.8) is 0 Å². The summed E-state index contributed by atoms with van der Waals surface area (Å²) in [5, 5.41) is 27.8. The number of halogens is 3. The number of hydrogen-bond donors (Lipinski definition) is 2. The highest BCUT2D eigenvalue weighted by Gasteiger charge is 2.39. The Balaban J connectivity index is 1.85. The van der Waals surface area contributed by atoms with E-state index in [1.54, 1.807) is 11.8 Å². The van der Waals surface area contributed by atoms with Gasteiger partial charge in [-0.2, -0.15) is 0 Å². The molecule has 1 aliphatic heterocycles. The average Bonchev–Trinajstić information content (AvgIpc) is 3.14. The van der Waals surface area contributed by atoms with Crippen molar-refractivity contribution >= 4 is 11.8 Å². The molecule has 10 heteroatoms. The van der Waals surface area contributed by atoms with Gasteiger partial charge in [-0.05, 0) is 24.3 Å². The topological polar surface area (TPSA) is 80.4 Å². The maximum atomic E-state index is 13.5. The summed E-state index contributed by atoms with van der Waals surface area (Å²) in [6, 6.07) is 1.15. The first-order chi connectivity index (χ1) is 12.9. The molecule has 1 aromatic heterocycles. The molecule has 0 aliphatic carbocycles. The van der Waals surface area contributed by atoms with Crippen LogP contribution in [0.4, 0.5) is 13.2 Å². The summed E-state index contributed by atoms with van der Waals surface area (Å²) in [5.74, 6) is -3.32. The van der Waals surface area contributed by atoms with E-state index in [1.807, 2.05) is 6.92 Å². The SMILES string of the molecule is CCCS[C@@H]1CC(n2cc(-c3cc(F)c(F)c(F)c3)nn2)[C@@H](O)C(CO)O1. The molecule has 27 heavy (non-hydrogen) atoms. The maximum Gasteiger partial charge on any atom is 0.194 e. The average molecular weight is 403 g/mol. The van der Waals surface area contributed by atoms with Gasteiger partial charge in [0, 0.05) is 12.0 Å². The van der Waals surface area contributed by atoms with Crippen LogP contribution in [0.25, 0.3) is 11.3 Å². The van der Waals surface area contributed by atoms with E-state index in [2.05, 4.69) is 10.3 Å². The largest absolute Gasteiger partial charge is 0.394 e. The highest BCUT2D eigenvalue weighted by Crippen LogP contribution is 2.35. The summed E-state index contributed by atoms with van der Waals surface area (Å²) in [6.45, 7) is 1.69. The number of aromatic nitrogens is 3. The molecule has 2 heterocycles. The number of nitrogens with zero attached hydrogens (tertiary/aromatic N) is 3. The molecule has 1 aliphatic rings. The van der Waals surface area contributed by atoms with Gasteiger partial charge in [0.2, 0.25) is 0 Å². The Morgan fingerprint density at radius 1 is 1.30 bits per heavy atom. The molecule has 0 amide bonds. The van der Waals surface area contributed by atoms with Gasteiger partial charge in [-0.3, -0.25) is 0 Å². The first kappa shape index (κ1) is 20.1. The van der Waals surface area contributed by atoms with E-state index in [1.165, 1.54) is 10.9 Å². The minimum atomic E-state index is -1.55. The van der Waals surface area contributed by atoms with Gasteiger partial charge in [-0.15, -0.1) is 16.9 Å². The molecule has 3 rings (SSSR count). The zero-order valence-electron chi connectivity index (χ0n) is 14.6. The van der Waals surface area contributed by atoms with Crippen molar-refractivity contribution in [1.29, 1.82) is 0 Å². The summed E-state index contributed by atoms with van der Waals surface area (Å²) in [6.07, 6.45) is 1.02. The van der Waals surface area contributed by atoms with Gasteiger partial charge >= 0.3 is 0 Å². The molecule has 0 spiro atoms. The van der Waals surface area contributed by atoms with E-state index in [0.717, 1.165) is 24.3 Å². The summed E-state index contributed by atoms with van der Waals surface area (Å²) in [7, 11) is 0. The monoisotopic (exact) mass is 403 g/mol. The van der Waals surface area contributed by atoms with Crippen molar-refractivity contribution in [2.24, 2.45) is 0 Å². The molecular weight excluding hydrogens is 383 g/mol. The zero-order chi connectivity index (χ0) is 19.6. The van der Waals surface area contributed by atoms with Crippen molar-refractivity contribution in [1.82, 2.24) is 15.0 Å². The van der Waals surface area contributed by atoms with Crippen LogP contribution < -0.4 is 0 Å². The normalized spacial score (nSPS) is 25.7. The van der Waals surface area contributed by atoms with Gasteiger partial charge in [0.15, 0.2) is 17.5 Å². The van der Waals surface area contributed by atoms with Gasteiger partial charge < -0.3 is 14.9 Å². The zero-order valence-corrected chi connectivity index (χ0v) is 15.4. The second kappa shape index (κ2) is 8.59. The van der Waals surface area contributed by atoms with Gasteiger partial charge in [-0.25, -0.2) is 17.9 Å². The molecule has 1 saturated heterocycles. The Labute approximate surface area is 158 Å². The molecule has 2 N–H and O–H groups in total. The first-order valence-electron chi connectivity index (χ1n) is 8.57. The van der Waals surface area contributed by atoms with E-state index in [0.29, 0.717) is 6.42 Å². The van der Waals surface area contributed by atoms with Crippen LogP contribution in [-0.2, 0) is 4.74 Å². The fraction of sp³-hybridized carbons (Fsp3) is 0.529. The lowest BCUT2D eigenvalue weighted by Gasteiger charge is -2.38. The van der Waals surface area contributed by atoms with Crippen molar-refractivity contribution in [2.45, 2.75) is 43.5 Å². The maximum absolute atomic E-state index is 13.5. The molecule has 0 bridgehead atoms. The Bertz CT molecular complexity index is 769. The number of hydrogen-bond acceptors (Lipinski definition) is 6. The Hall–Kier alpha value is -1.62. The van der Waals surface area contributed by atoms with Crippen molar-refractivity contribution in [2.75, 3.05) is 12.4 Å². The van der Waals surface area contributed by atoms with Crippen molar-refractivity contribution in [3.8, 4) is 11.3 Å². The predicted octanol–water partition coefficient (Wildman–Crippen LogP) is 2.51. The third-order valence-corrected chi connectivity index (χ3v) is 5.67. The molecule has 2 aromatic rings. The summed E-state index contributed by atoms with van der Waals surface area (Å²) in [4.78, 5) is 0. The molecule has 0 radical (unpaired) electrons. The molecule has 6 nitrogen and oxygen atoms in total. The van der Waals surface area contributed by atoms with Crippen LogP contribution in [0, 0.1) is 17.5 Å². The second-order valence-electron chi connectivity index (χ2n) is 6.29. The third-order valence-electron chi connectivity index (χ3n) is 4.35. The summed E-state index contributed by atoms with van der Waals surface area (Å²) in [5.41, 5.74) is -0.0523. The second-order valence-corrected chi connectivity index (χ2v) is 7.56. The number of thioether (sulfide) groups is 1. The van der Waals surface area contributed by atoms with Crippen LogP contribution in [0.3, 0.4) is 0 Å². The Morgan fingerprint density at radius 2 is 2.00 bits per heavy atom. The fourth-order valence-electron chi connectivity index (χ4n) is 2.96. The van der Waals surface area contributed by atoms with Crippen molar-refractivity contribution in [3.05, 3.63) is 35.8 Å². The summed E-state index contributed by atoms with van der Waals surface area (Å²) >= 11 is 1.58. The van der Waals surface area contributed by atoms with E-state index in [9.17, 15) is 23.4 Å². The van der Waals surface area contributed by atoms with Crippen LogP contribution in [-0.4, -0.2) is 55.2 Å². The lowest BCUT2D eigenvalue weighted by Crippen LogP contribution is -2.47. The van der Waals surface area contributed by atoms with E-state index < -0.39 is 35.7 Å². The molecule has 1 fully saturated rings. The molecular formula is C17H20F3N3O3S. The first-order valence-corrected chi connectivity index (χ1v) is 9.62. The van der Waals surface area contributed by atoms with Gasteiger partial charge in [0.25, 0.3) is 0 Å². The number of rotatable bonds is 6. The number of aliphatic hydroxyl groups is 2. The van der Waals surface area contributed by atoms with Crippen LogP contribution in [0.15, 0.2) is 18.3 Å². The number of ether oxygens (including phenoxy) is 1. The quantitative estimate of drug-likeness (QED) is 0.722. The predicted molar refractivity (Wildman–Crippen MR) is 93.5 cm³/mol. The lowest BCUT2D eigenvalue weighted by molar-refractivity contribution is -0.130. The number of benzene rings is 1. The summed E-state index contributed by atoms with van der Waals surface area (Å²) < 4.78 is 47.1. The molecule has 0 saturated carbocycles. The Kier molecular flexibility index (Phi) is 6.40. The lowest BCUT2D eigenvalue weighted by atomic mass is 10.00. The van der Waals surface area contributed by atoms with E-state index in [-0.39, 0.29) is 23.3 Å². The third kappa shape index (κ3) is 4.29. The van der Waals surface area contributed by atoms with Crippen LogP contribution in [0.5, 0.6) is 0 Å². The van der Waals surface area contributed by atoms with Crippen LogP contribution >= 0.6 is 11.8 Å². The van der Waals surface area contributed by atoms with Gasteiger partial charge in [0.1, 0.15) is 23.3 Å².